The molecule has 7 heteroatoms. The van der Waals surface area contributed by atoms with Gasteiger partial charge in [-0.1, -0.05) is 37.3 Å². The lowest BCUT2D eigenvalue weighted by Gasteiger charge is -2.31. The summed E-state index contributed by atoms with van der Waals surface area (Å²) in [5, 5.41) is 7.08. The van der Waals surface area contributed by atoms with E-state index in [4.69, 9.17) is 9.73 Å². The summed E-state index contributed by atoms with van der Waals surface area (Å²) in [4.78, 5) is 9.90. The summed E-state index contributed by atoms with van der Waals surface area (Å²) < 4.78 is 6.17. The third-order valence-corrected chi connectivity index (χ3v) is 6.75. The van der Waals surface area contributed by atoms with Crippen LogP contribution in [0.25, 0.3) is 0 Å². The average Bonchev–Trinajstić information content (AvgIpc) is 3.16. The van der Waals surface area contributed by atoms with E-state index in [9.17, 15) is 0 Å². The van der Waals surface area contributed by atoms with E-state index >= 15 is 0 Å². The Bertz CT molecular complexity index is 679. The van der Waals surface area contributed by atoms with Crippen LogP contribution in [0.1, 0.15) is 52.5 Å². The lowest BCUT2D eigenvalue weighted by atomic mass is 10.1. The molecule has 0 amide bonds. The second kappa shape index (κ2) is 15.2. The molecule has 0 bridgehead atoms. The Kier molecular flexibility index (Phi) is 13.0. The third kappa shape index (κ3) is 9.70. The van der Waals surface area contributed by atoms with Crippen LogP contribution in [0.3, 0.4) is 0 Å². The van der Waals surface area contributed by atoms with Crippen molar-refractivity contribution in [3.8, 4) is 0 Å². The molecular formula is C26H46IN5O. The van der Waals surface area contributed by atoms with Crippen LogP contribution < -0.4 is 10.6 Å². The molecular weight excluding hydrogens is 525 g/mol. The molecule has 2 N–H and O–H groups in total. The summed E-state index contributed by atoms with van der Waals surface area (Å²) in [5.41, 5.74) is 1.40. The van der Waals surface area contributed by atoms with E-state index in [2.05, 4.69) is 78.5 Å². The van der Waals surface area contributed by atoms with Crippen molar-refractivity contribution in [3.05, 3.63) is 35.9 Å². The number of hydrogen-bond acceptors (Lipinski definition) is 4. The number of hydrogen-bond donors (Lipinski definition) is 2. The zero-order valence-corrected chi connectivity index (χ0v) is 23.5. The maximum atomic E-state index is 6.17. The van der Waals surface area contributed by atoms with Gasteiger partial charge in [0.2, 0.25) is 0 Å². The monoisotopic (exact) mass is 571 g/mol. The molecule has 1 aromatic rings. The van der Waals surface area contributed by atoms with Gasteiger partial charge in [-0.2, -0.15) is 0 Å². The van der Waals surface area contributed by atoms with Crippen molar-refractivity contribution in [1.29, 1.82) is 0 Å². The number of rotatable bonds is 10. The first kappa shape index (κ1) is 28.3. The molecule has 2 heterocycles. The molecule has 33 heavy (non-hydrogen) atoms. The van der Waals surface area contributed by atoms with Crippen LogP contribution in [-0.2, 0) is 11.3 Å². The van der Waals surface area contributed by atoms with Crippen LogP contribution in [0.15, 0.2) is 35.3 Å². The van der Waals surface area contributed by atoms with E-state index in [-0.39, 0.29) is 24.0 Å². The van der Waals surface area contributed by atoms with Gasteiger partial charge < -0.3 is 15.4 Å². The number of benzene rings is 1. The van der Waals surface area contributed by atoms with E-state index in [0.29, 0.717) is 24.1 Å². The molecule has 0 aliphatic carbocycles. The Morgan fingerprint density at radius 3 is 2.52 bits per heavy atom. The lowest BCUT2D eigenvalue weighted by Crippen LogP contribution is -2.46. The zero-order valence-electron chi connectivity index (χ0n) is 21.1. The quantitative estimate of drug-likeness (QED) is 0.193. The Hall–Kier alpha value is -0.900. The molecule has 0 radical (unpaired) electrons. The van der Waals surface area contributed by atoms with E-state index in [1.165, 1.54) is 5.56 Å². The summed E-state index contributed by atoms with van der Waals surface area (Å²) in [6.45, 7) is 17.1. The SMILES string of the molecule is CCNC(=NCCCOC1CCN(Cc2ccccc2)CC1)NC1CN(C(C)C)CC1C.I. The highest BCUT2D eigenvalue weighted by Gasteiger charge is 2.31. The van der Waals surface area contributed by atoms with Crippen molar-refractivity contribution in [3.63, 3.8) is 0 Å². The molecule has 1 aromatic carbocycles. The van der Waals surface area contributed by atoms with Gasteiger partial charge in [-0.25, -0.2) is 0 Å². The van der Waals surface area contributed by atoms with Crippen molar-refractivity contribution in [2.24, 2.45) is 10.9 Å². The summed E-state index contributed by atoms with van der Waals surface area (Å²) >= 11 is 0. The minimum absolute atomic E-state index is 0. The van der Waals surface area contributed by atoms with Gasteiger partial charge in [-0.15, -0.1) is 24.0 Å². The van der Waals surface area contributed by atoms with E-state index < -0.39 is 0 Å². The summed E-state index contributed by atoms with van der Waals surface area (Å²) in [6.07, 6.45) is 3.64. The molecule has 2 atom stereocenters. The standard InChI is InChI=1S/C26H45N5O.HI/c1-5-27-26(29-25-20-31(21(2)3)18-22(25)4)28-14-9-17-32-24-12-15-30(16-13-24)19-23-10-7-6-8-11-23;/h6-8,10-11,21-22,24-25H,5,9,12-20H2,1-4H3,(H2,27,28,29);1H. The normalized spacial score (nSPS) is 23.0. The van der Waals surface area contributed by atoms with Crippen LogP contribution >= 0.6 is 24.0 Å². The molecule has 0 saturated carbocycles. The number of nitrogens with zero attached hydrogens (tertiary/aromatic N) is 3. The van der Waals surface area contributed by atoms with Crippen molar-refractivity contribution < 1.29 is 4.74 Å². The van der Waals surface area contributed by atoms with Gasteiger partial charge in [0, 0.05) is 64.5 Å². The minimum atomic E-state index is 0. The molecule has 6 nitrogen and oxygen atoms in total. The third-order valence-electron chi connectivity index (χ3n) is 6.75. The molecule has 2 aliphatic rings. The van der Waals surface area contributed by atoms with Crippen LogP contribution in [-0.4, -0.2) is 79.8 Å². The maximum Gasteiger partial charge on any atom is 0.191 e. The molecule has 188 valence electrons. The second-order valence-corrected chi connectivity index (χ2v) is 9.72. The number of guanidine groups is 1. The Morgan fingerprint density at radius 2 is 1.88 bits per heavy atom. The van der Waals surface area contributed by atoms with Crippen LogP contribution in [0.5, 0.6) is 0 Å². The summed E-state index contributed by atoms with van der Waals surface area (Å²) in [6, 6.07) is 11.8. The van der Waals surface area contributed by atoms with Gasteiger partial charge in [-0.05, 0) is 51.5 Å². The van der Waals surface area contributed by atoms with Gasteiger partial charge in [0.1, 0.15) is 0 Å². The fourth-order valence-electron chi connectivity index (χ4n) is 4.69. The van der Waals surface area contributed by atoms with Crippen LogP contribution in [0, 0.1) is 5.92 Å². The first-order valence-corrected chi connectivity index (χ1v) is 12.7. The van der Waals surface area contributed by atoms with E-state index in [1.807, 2.05) is 0 Å². The van der Waals surface area contributed by atoms with Crippen molar-refractivity contribution >= 4 is 29.9 Å². The number of aliphatic imine (C=N–C) groups is 1. The number of ether oxygens (including phenoxy) is 1. The Morgan fingerprint density at radius 1 is 1.15 bits per heavy atom. The predicted molar refractivity (Wildman–Crippen MR) is 150 cm³/mol. The summed E-state index contributed by atoms with van der Waals surface area (Å²) in [7, 11) is 0. The number of halogens is 1. The van der Waals surface area contributed by atoms with Gasteiger partial charge >= 0.3 is 0 Å². The topological polar surface area (TPSA) is 52.1 Å². The smallest absolute Gasteiger partial charge is 0.191 e. The highest BCUT2D eigenvalue weighted by atomic mass is 127. The highest BCUT2D eigenvalue weighted by molar-refractivity contribution is 14.0. The Labute approximate surface area is 218 Å². The number of nitrogens with one attached hydrogen (secondary N) is 2. The van der Waals surface area contributed by atoms with E-state index in [1.54, 1.807) is 0 Å². The molecule has 0 spiro atoms. The highest BCUT2D eigenvalue weighted by Crippen LogP contribution is 2.19. The van der Waals surface area contributed by atoms with Gasteiger partial charge in [0.05, 0.1) is 6.10 Å². The van der Waals surface area contributed by atoms with Crippen LogP contribution in [0.2, 0.25) is 0 Å². The fraction of sp³-hybridized carbons (Fsp3) is 0.731. The van der Waals surface area contributed by atoms with Gasteiger partial charge in [-0.3, -0.25) is 14.8 Å². The molecule has 2 unspecified atom stereocenters. The number of piperidine rings is 1. The van der Waals surface area contributed by atoms with Crippen molar-refractivity contribution in [1.82, 2.24) is 20.4 Å². The number of likely N-dealkylation sites (tertiary alicyclic amines) is 2. The molecule has 2 fully saturated rings. The lowest BCUT2D eigenvalue weighted by molar-refractivity contribution is 0.00566. The second-order valence-electron chi connectivity index (χ2n) is 9.72. The van der Waals surface area contributed by atoms with Gasteiger partial charge in [0.15, 0.2) is 5.96 Å². The van der Waals surface area contributed by atoms with Crippen molar-refractivity contribution in [2.45, 2.75) is 71.7 Å². The minimum Gasteiger partial charge on any atom is -0.378 e. The van der Waals surface area contributed by atoms with Gasteiger partial charge in [0.25, 0.3) is 0 Å². The van der Waals surface area contributed by atoms with Crippen LogP contribution in [0.4, 0.5) is 0 Å². The first-order chi connectivity index (χ1) is 15.5. The zero-order chi connectivity index (χ0) is 22.8. The Balaban J connectivity index is 0.00000385. The maximum absolute atomic E-state index is 6.17. The molecule has 2 aliphatic heterocycles. The average molecular weight is 572 g/mol. The molecule has 0 aromatic heterocycles. The molecule has 2 saturated heterocycles. The first-order valence-electron chi connectivity index (χ1n) is 12.7. The predicted octanol–water partition coefficient (Wildman–Crippen LogP) is 3.96. The fourth-order valence-corrected chi connectivity index (χ4v) is 4.69. The molecule has 3 rings (SSSR count). The largest absolute Gasteiger partial charge is 0.378 e. The summed E-state index contributed by atoms with van der Waals surface area (Å²) in [5.74, 6) is 1.58. The van der Waals surface area contributed by atoms with E-state index in [0.717, 1.165) is 77.6 Å². The van der Waals surface area contributed by atoms with Crippen molar-refractivity contribution in [2.75, 3.05) is 45.9 Å².